The van der Waals surface area contributed by atoms with Gasteiger partial charge < -0.3 is 10.1 Å². The quantitative estimate of drug-likeness (QED) is 0.811. The molecule has 0 radical (unpaired) electrons. The SMILES string of the molecule is COC(=O)c1nc(C)cc(NCC(C(C)C)C(C)C)n1. The molecule has 0 bridgehead atoms. The molecule has 0 aliphatic carbocycles. The highest BCUT2D eigenvalue weighted by molar-refractivity contribution is 5.85. The zero-order valence-electron chi connectivity index (χ0n) is 13.2. The Hall–Kier alpha value is -1.65. The number of anilines is 1. The second-order valence-electron chi connectivity index (χ2n) is 5.74. The Labute approximate surface area is 121 Å². The summed E-state index contributed by atoms with van der Waals surface area (Å²) in [7, 11) is 1.33. The predicted octanol–water partition coefficient (Wildman–Crippen LogP) is 2.91. The monoisotopic (exact) mass is 279 g/mol. The third kappa shape index (κ3) is 4.47. The third-order valence-corrected chi connectivity index (χ3v) is 3.45. The first kappa shape index (κ1) is 16.4. The van der Waals surface area contributed by atoms with E-state index in [0.717, 1.165) is 12.2 Å². The molecular weight excluding hydrogens is 254 g/mol. The highest BCUT2D eigenvalue weighted by Gasteiger charge is 2.18. The number of methoxy groups -OCH3 is 1. The summed E-state index contributed by atoms with van der Waals surface area (Å²) >= 11 is 0. The molecule has 0 aromatic carbocycles. The maximum absolute atomic E-state index is 11.5. The van der Waals surface area contributed by atoms with Crippen LogP contribution < -0.4 is 5.32 Å². The molecule has 1 aromatic heterocycles. The fourth-order valence-electron chi connectivity index (χ4n) is 2.31. The van der Waals surface area contributed by atoms with Gasteiger partial charge in [-0.2, -0.15) is 0 Å². The molecule has 0 unspecified atom stereocenters. The summed E-state index contributed by atoms with van der Waals surface area (Å²) in [6.07, 6.45) is 0. The van der Waals surface area contributed by atoms with Crippen molar-refractivity contribution < 1.29 is 9.53 Å². The Morgan fingerprint density at radius 1 is 1.25 bits per heavy atom. The Morgan fingerprint density at radius 2 is 1.85 bits per heavy atom. The van der Waals surface area contributed by atoms with Crippen LogP contribution in [0, 0.1) is 24.7 Å². The van der Waals surface area contributed by atoms with E-state index >= 15 is 0 Å². The van der Waals surface area contributed by atoms with Crippen LogP contribution in [0.25, 0.3) is 0 Å². The number of ether oxygens (including phenoxy) is 1. The summed E-state index contributed by atoms with van der Waals surface area (Å²) in [4.78, 5) is 19.8. The number of hydrogen-bond donors (Lipinski definition) is 1. The van der Waals surface area contributed by atoms with Gasteiger partial charge in [0.15, 0.2) is 0 Å². The fourth-order valence-corrected chi connectivity index (χ4v) is 2.31. The summed E-state index contributed by atoms with van der Waals surface area (Å²) in [5.41, 5.74) is 0.744. The van der Waals surface area contributed by atoms with Crippen molar-refractivity contribution in [1.29, 1.82) is 0 Å². The van der Waals surface area contributed by atoms with Gasteiger partial charge in [0.2, 0.25) is 5.82 Å². The largest absolute Gasteiger partial charge is 0.463 e. The van der Waals surface area contributed by atoms with Gasteiger partial charge in [0.05, 0.1) is 7.11 Å². The molecule has 1 rings (SSSR count). The molecule has 5 heteroatoms. The van der Waals surface area contributed by atoms with Gasteiger partial charge in [0, 0.05) is 18.3 Å². The maximum Gasteiger partial charge on any atom is 0.376 e. The smallest absolute Gasteiger partial charge is 0.376 e. The van der Waals surface area contributed by atoms with Crippen molar-refractivity contribution in [3.05, 3.63) is 17.6 Å². The number of aromatic nitrogens is 2. The standard InChI is InChI=1S/C15H25N3O2/c1-9(2)12(10(3)4)8-16-13-7-11(5)17-14(18-13)15(19)20-6/h7,9-10,12H,8H2,1-6H3,(H,16,17,18). The summed E-state index contributed by atoms with van der Waals surface area (Å²) in [5.74, 6) is 1.98. The van der Waals surface area contributed by atoms with Gasteiger partial charge in [-0.05, 0) is 24.7 Å². The topological polar surface area (TPSA) is 64.1 Å². The van der Waals surface area contributed by atoms with Gasteiger partial charge in [0.1, 0.15) is 5.82 Å². The van der Waals surface area contributed by atoms with E-state index in [1.807, 2.05) is 13.0 Å². The Bertz CT molecular complexity index is 450. The lowest BCUT2D eigenvalue weighted by Gasteiger charge is -2.25. The van der Waals surface area contributed by atoms with Crippen LogP contribution >= 0.6 is 0 Å². The normalized spacial score (nSPS) is 11.2. The van der Waals surface area contributed by atoms with Crippen molar-refractivity contribution in [2.75, 3.05) is 19.0 Å². The van der Waals surface area contributed by atoms with Crippen LogP contribution in [-0.4, -0.2) is 29.6 Å². The second-order valence-corrected chi connectivity index (χ2v) is 5.74. The van der Waals surface area contributed by atoms with E-state index in [4.69, 9.17) is 0 Å². The summed E-state index contributed by atoms with van der Waals surface area (Å²) in [5, 5.41) is 3.31. The minimum absolute atomic E-state index is 0.0978. The molecule has 0 aliphatic rings. The van der Waals surface area contributed by atoms with Crippen molar-refractivity contribution >= 4 is 11.8 Å². The van der Waals surface area contributed by atoms with Crippen LogP contribution in [0.15, 0.2) is 6.07 Å². The fraction of sp³-hybridized carbons (Fsp3) is 0.667. The molecule has 0 saturated heterocycles. The van der Waals surface area contributed by atoms with Crippen molar-refractivity contribution in [2.45, 2.75) is 34.6 Å². The van der Waals surface area contributed by atoms with Crippen LogP contribution in [0.2, 0.25) is 0 Å². The summed E-state index contributed by atoms with van der Waals surface area (Å²) < 4.78 is 4.66. The molecule has 1 heterocycles. The van der Waals surface area contributed by atoms with E-state index in [1.165, 1.54) is 7.11 Å². The summed E-state index contributed by atoms with van der Waals surface area (Å²) in [6, 6.07) is 1.84. The molecule has 0 amide bonds. The third-order valence-electron chi connectivity index (χ3n) is 3.45. The van der Waals surface area contributed by atoms with E-state index in [2.05, 4.69) is 47.7 Å². The van der Waals surface area contributed by atoms with Crippen LogP contribution in [0.1, 0.15) is 44.0 Å². The van der Waals surface area contributed by atoms with Gasteiger partial charge in [0.25, 0.3) is 0 Å². The number of esters is 1. The first-order valence-corrected chi connectivity index (χ1v) is 7.03. The molecule has 5 nitrogen and oxygen atoms in total. The minimum Gasteiger partial charge on any atom is -0.463 e. The van der Waals surface area contributed by atoms with E-state index in [0.29, 0.717) is 23.6 Å². The van der Waals surface area contributed by atoms with Gasteiger partial charge in [-0.3, -0.25) is 0 Å². The molecule has 112 valence electrons. The van der Waals surface area contributed by atoms with Gasteiger partial charge in [-0.15, -0.1) is 0 Å². The number of rotatable bonds is 6. The van der Waals surface area contributed by atoms with Gasteiger partial charge in [-0.25, -0.2) is 14.8 Å². The molecule has 1 aromatic rings. The Morgan fingerprint density at radius 3 is 2.35 bits per heavy atom. The minimum atomic E-state index is -0.513. The number of nitrogens with zero attached hydrogens (tertiary/aromatic N) is 2. The van der Waals surface area contributed by atoms with E-state index in [-0.39, 0.29) is 5.82 Å². The predicted molar refractivity (Wildman–Crippen MR) is 79.8 cm³/mol. The Balaban J connectivity index is 2.82. The van der Waals surface area contributed by atoms with Crippen molar-refractivity contribution in [1.82, 2.24) is 9.97 Å². The van der Waals surface area contributed by atoms with Crippen LogP contribution in [-0.2, 0) is 4.74 Å². The highest BCUT2D eigenvalue weighted by Crippen LogP contribution is 2.21. The maximum atomic E-state index is 11.5. The van der Waals surface area contributed by atoms with Crippen molar-refractivity contribution in [3.8, 4) is 0 Å². The van der Waals surface area contributed by atoms with Crippen molar-refractivity contribution in [2.24, 2.45) is 17.8 Å². The molecule has 0 spiro atoms. The average Bonchev–Trinajstić information content (AvgIpc) is 2.36. The molecule has 0 atom stereocenters. The lowest BCUT2D eigenvalue weighted by atomic mass is 9.85. The molecule has 1 N–H and O–H groups in total. The van der Waals surface area contributed by atoms with Crippen LogP contribution in [0.4, 0.5) is 5.82 Å². The van der Waals surface area contributed by atoms with Crippen molar-refractivity contribution in [3.63, 3.8) is 0 Å². The van der Waals surface area contributed by atoms with Crippen LogP contribution in [0.3, 0.4) is 0 Å². The lowest BCUT2D eigenvalue weighted by Crippen LogP contribution is -2.25. The Kier molecular flexibility index (Phi) is 5.92. The average molecular weight is 279 g/mol. The highest BCUT2D eigenvalue weighted by atomic mass is 16.5. The zero-order chi connectivity index (χ0) is 15.3. The van der Waals surface area contributed by atoms with E-state index in [9.17, 15) is 4.79 Å². The summed E-state index contributed by atoms with van der Waals surface area (Å²) in [6.45, 7) is 11.5. The van der Waals surface area contributed by atoms with Gasteiger partial charge in [-0.1, -0.05) is 27.7 Å². The lowest BCUT2D eigenvalue weighted by molar-refractivity contribution is 0.0586. The second kappa shape index (κ2) is 7.22. The number of nitrogens with one attached hydrogen (secondary N) is 1. The molecular formula is C15H25N3O2. The number of aryl methyl sites for hydroxylation is 1. The zero-order valence-corrected chi connectivity index (χ0v) is 13.2. The number of carbonyl (C=O) groups is 1. The first-order valence-electron chi connectivity index (χ1n) is 7.03. The molecule has 0 aliphatic heterocycles. The molecule has 0 saturated carbocycles. The number of carbonyl (C=O) groups excluding carboxylic acids is 1. The number of hydrogen-bond acceptors (Lipinski definition) is 5. The van der Waals surface area contributed by atoms with E-state index in [1.54, 1.807) is 0 Å². The van der Waals surface area contributed by atoms with Gasteiger partial charge >= 0.3 is 5.97 Å². The first-order chi connectivity index (χ1) is 9.35. The van der Waals surface area contributed by atoms with E-state index < -0.39 is 5.97 Å². The molecule has 20 heavy (non-hydrogen) atoms. The van der Waals surface area contributed by atoms with Crippen LogP contribution in [0.5, 0.6) is 0 Å². The molecule has 0 fully saturated rings.